The van der Waals surface area contributed by atoms with E-state index >= 15 is 0 Å². The third kappa shape index (κ3) is 3.09. The second kappa shape index (κ2) is 6.49. The molecule has 4 aliphatic carbocycles. The Morgan fingerprint density at radius 3 is 2.38 bits per heavy atom. The van der Waals surface area contributed by atoms with Crippen LogP contribution in [0.25, 0.3) is 0 Å². The monoisotopic (exact) mass is 366 g/mol. The number of carbonyl (C=O) groups excluding carboxylic acids is 1. The van der Waals surface area contributed by atoms with E-state index in [9.17, 15) is 4.79 Å². The van der Waals surface area contributed by atoms with Crippen molar-refractivity contribution in [2.24, 2.45) is 17.8 Å². The Hall–Kier alpha value is -1.68. The molecule has 136 valence electrons. The molecule has 0 radical (unpaired) electrons. The van der Waals surface area contributed by atoms with Gasteiger partial charge in [-0.25, -0.2) is 4.98 Å². The summed E-state index contributed by atoms with van der Waals surface area (Å²) in [6.45, 7) is 0.590. The molecule has 4 fully saturated rings. The molecule has 1 heterocycles. The quantitative estimate of drug-likeness (QED) is 0.848. The van der Waals surface area contributed by atoms with Gasteiger partial charge in [0, 0.05) is 17.3 Å². The zero-order chi connectivity index (χ0) is 17.6. The third-order valence-corrected chi connectivity index (χ3v) is 7.63. The molecule has 3 nitrogen and oxygen atoms in total. The minimum atomic E-state index is 0.0697. The Morgan fingerprint density at radius 2 is 1.73 bits per heavy atom. The normalized spacial score (nSPS) is 31.9. The number of hydrogen-bond acceptors (Lipinski definition) is 3. The van der Waals surface area contributed by atoms with Gasteiger partial charge in [-0.2, -0.15) is 0 Å². The second-order valence-electron chi connectivity index (χ2n) is 8.76. The molecule has 0 unspecified atom stereocenters. The predicted molar refractivity (Wildman–Crippen MR) is 104 cm³/mol. The first-order valence-corrected chi connectivity index (χ1v) is 10.8. The number of nitrogens with one attached hydrogen (secondary N) is 1. The van der Waals surface area contributed by atoms with Gasteiger partial charge in [0.2, 0.25) is 5.91 Å². The van der Waals surface area contributed by atoms with Crippen LogP contribution in [0.1, 0.15) is 54.8 Å². The van der Waals surface area contributed by atoms with E-state index in [1.165, 1.54) is 44.2 Å². The van der Waals surface area contributed by atoms with Gasteiger partial charge in [-0.3, -0.25) is 4.79 Å². The first-order valence-electron chi connectivity index (χ1n) is 9.94. The number of hydrogen-bond donors (Lipinski definition) is 1. The molecule has 4 aliphatic rings. The number of nitrogens with zero attached hydrogens (tertiary/aromatic N) is 1. The first-order chi connectivity index (χ1) is 12.7. The molecule has 0 aliphatic heterocycles. The number of aromatic nitrogens is 1. The van der Waals surface area contributed by atoms with E-state index in [-0.39, 0.29) is 5.91 Å². The highest BCUT2D eigenvalue weighted by Crippen LogP contribution is 2.60. The van der Waals surface area contributed by atoms with Gasteiger partial charge in [-0.15, -0.1) is 11.3 Å². The lowest BCUT2D eigenvalue weighted by Crippen LogP contribution is -2.48. The predicted octanol–water partition coefficient (Wildman–Crippen LogP) is 4.47. The summed E-state index contributed by atoms with van der Waals surface area (Å²) in [6.07, 6.45) is 8.78. The molecule has 4 heteroatoms. The molecular formula is C22H26N2OS. The highest BCUT2D eigenvalue weighted by Gasteiger charge is 2.52. The van der Waals surface area contributed by atoms with Crippen molar-refractivity contribution in [2.75, 3.05) is 0 Å². The lowest BCUT2D eigenvalue weighted by molar-refractivity contribution is -0.120. The average molecular weight is 367 g/mol. The van der Waals surface area contributed by atoms with Crippen molar-refractivity contribution in [3.8, 4) is 0 Å². The minimum absolute atomic E-state index is 0.0697. The van der Waals surface area contributed by atoms with Crippen molar-refractivity contribution in [2.45, 2.75) is 56.9 Å². The Kier molecular flexibility index (Phi) is 4.11. The summed E-state index contributed by atoms with van der Waals surface area (Å²) in [7, 11) is 0. The molecule has 0 spiro atoms. The summed E-state index contributed by atoms with van der Waals surface area (Å²) in [4.78, 5) is 17.3. The van der Waals surface area contributed by atoms with Gasteiger partial charge in [0.15, 0.2) is 0 Å². The lowest BCUT2D eigenvalue weighted by atomic mass is 9.49. The molecular weight excluding hydrogens is 340 g/mol. The van der Waals surface area contributed by atoms with E-state index in [2.05, 4.69) is 10.7 Å². The Balaban J connectivity index is 1.24. The van der Waals surface area contributed by atoms with Crippen LogP contribution >= 0.6 is 11.3 Å². The van der Waals surface area contributed by atoms with Crippen LogP contribution in [0, 0.1) is 17.8 Å². The fourth-order valence-electron chi connectivity index (χ4n) is 6.06. The van der Waals surface area contributed by atoms with E-state index in [1.54, 1.807) is 11.3 Å². The van der Waals surface area contributed by atoms with Crippen molar-refractivity contribution in [1.29, 1.82) is 0 Å². The van der Waals surface area contributed by atoms with Crippen molar-refractivity contribution >= 4 is 17.2 Å². The standard InChI is InChI=1S/C22H26N2OS/c25-20(23-13-15-4-2-1-3-5-15)9-21-24-19(14-26-21)22-10-16-6-17(11-22)8-18(7-16)12-22/h1-5,14,16-18H,6-13H2,(H,23,25). The Bertz CT molecular complexity index is 762. The van der Waals surface area contributed by atoms with Crippen LogP contribution in [0.15, 0.2) is 35.7 Å². The van der Waals surface area contributed by atoms with E-state index < -0.39 is 0 Å². The molecule has 26 heavy (non-hydrogen) atoms. The number of amides is 1. The van der Waals surface area contributed by atoms with Crippen molar-refractivity contribution in [3.05, 3.63) is 52.0 Å². The number of benzene rings is 1. The van der Waals surface area contributed by atoms with Crippen molar-refractivity contribution in [1.82, 2.24) is 10.3 Å². The van der Waals surface area contributed by atoms with Gasteiger partial charge in [-0.1, -0.05) is 30.3 Å². The average Bonchev–Trinajstić information content (AvgIpc) is 3.09. The van der Waals surface area contributed by atoms with Crippen LogP contribution in [-0.4, -0.2) is 10.9 Å². The molecule has 1 aromatic heterocycles. The van der Waals surface area contributed by atoms with Gasteiger partial charge < -0.3 is 5.32 Å². The summed E-state index contributed by atoms with van der Waals surface area (Å²) >= 11 is 1.68. The Morgan fingerprint density at radius 1 is 1.08 bits per heavy atom. The number of carbonyl (C=O) groups is 1. The molecule has 2 aromatic rings. The summed E-state index contributed by atoms with van der Waals surface area (Å²) < 4.78 is 0. The van der Waals surface area contributed by atoms with E-state index in [0.29, 0.717) is 18.4 Å². The molecule has 4 saturated carbocycles. The zero-order valence-electron chi connectivity index (χ0n) is 15.1. The number of thiazole rings is 1. The fraction of sp³-hybridized carbons (Fsp3) is 0.545. The maximum absolute atomic E-state index is 12.3. The number of rotatable bonds is 5. The molecule has 0 saturated heterocycles. The topological polar surface area (TPSA) is 42.0 Å². The smallest absolute Gasteiger partial charge is 0.227 e. The first kappa shape index (κ1) is 16.5. The van der Waals surface area contributed by atoms with Gasteiger partial charge >= 0.3 is 0 Å². The fourth-order valence-corrected chi connectivity index (χ4v) is 6.97. The minimum Gasteiger partial charge on any atom is -0.352 e. The van der Waals surface area contributed by atoms with Crippen LogP contribution < -0.4 is 5.32 Å². The van der Waals surface area contributed by atoms with E-state index in [4.69, 9.17) is 4.98 Å². The van der Waals surface area contributed by atoms with E-state index in [1.807, 2.05) is 30.3 Å². The zero-order valence-corrected chi connectivity index (χ0v) is 15.9. The summed E-state index contributed by atoms with van der Waals surface area (Å²) in [5, 5.41) is 6.25. The molecule has 1 amide bonds. The lowest BCUT2D eigenvalue weighted by Gasteiger charge is -2.56. The Labute approximate surface area is 159 Å². The third-order valence-electron chi connectivity index (χ3n) is 6.78. The van der Waals surface area contributed by atoms with Crippen LogP contribution in [0.3, 0.4) is 0 Å². The van der Waals surface area contributed by atoms with Crippen LogP contribution in [0.5, 0.6) is 0 Å². The maximum Gasteiger partial charge on any atom is 0.227 e. The van der Waals surface area contributed by atoms with Crippen LogP contribution in [-0.2, 0) is 23.2 Å². The molecule has 1 N–H and O–H groups in total. The SMILES string of the molecule is O=C(Cc1nc(C23CC4CC(CC(C4)C2)C3)cs1)NCc1ccccc1. The van der Waals surface area contributed by atoms with Gasteiger partial charge in [-0.05, 0) is 61.8 Å². The van der Waals surface area contributed by atoms with E-state index in [0.717, 1.165) is 28.3 Å². The van der Waals surface area contributed by atoms with Gasteiger partial charge in [0.25, 0.3) is 0 Å². The van der Waals surface area contributed by atoms with Crippen molar-refractivity contribution in [3.63, 3.8) is 0 Å². The second-order valence-corrected chi connectivity index (χ2v) is 9.71. The summed E-state index contributed by atoms with van der Waals surface area (Å²) in [5.74, 6) is 2.86. The summed E-state index contributed by atoms with van der Waals surface area (Å²) in [5.41, 5.74) is 2.77. The van der Waals surface area contributed by atoms with Crippen molar-refractivity contribution < 1.29 is 4.79 Å². The molecule has 0 atom stereocenters. The van der Waals surface area contributed by atoms with Gasteiger partial charge in [0.05, 0.1) is 12.1 Å². The molecule has 4 bridgehead atoms. The molecule has 1 aromatic carbocycles. The summed E-state index contributed by atoms with van der Waals surface area (Å²) in [6, 6.07) is 10.1. The van der Waals surface area contributed by atoms with Crippen LogP contribution in [0.2, 0.25) is 0 Å². The van der Waals surface area contributed by atoms with Gasteiger partial charge in [0.1, 0.15) is 5.01 Å². The molecule has 6 rings (SSSR count). The maximum atomic E-state index is 12.3. The largest absolute Gasteiger partial charge is 0.352 e. The highest BCUT2D eigenvalue weighted by molar-refractivity contribution is 7.09. The van der Waals surface area contributed by atoms with Crippen LogP contribution in [0.4, 0.5) is 0 Å². The highest BCUT2D eigenvalue weighted by atomic mass is 32.1.